The minimum absolute atomic E-state index is 0.162. The van der Waals surface area contributed by atoms with Crippen LogP contribution >= 0.6 is 11.6 Å². The van der Waals surface area contributed by atoms with Gasteiger partial charge in [-0.3, -0.25) is 4.79 Å². The lowest BCUT2D eigenvalue weighted by Crippen LogP contribution is -2.31. The van der Waals surface area contributed by atoms with Crippen LogP contribution in [0.25, 0.3) is 0 Å². The van der Waals surface area contributed by atoms with E-state index in [1.165, 1.54) is 17.0 Å². The third kappa shape index (κ3) is 3.63. The second-order valence-corrected chi connectivity index (χ2v) is 4.15. The van der Waals surface area contributed by atoms with E-state index in [-0.39, 0.29) is 23.8 Å². The zero-order valence-corrected chi connectivity index (χ0v) is 11.0. The van der Waals surface area contributed by atoms with E-state index in [2.05, 4.69) is 0 Å². The minimum atomic E-state index is -0.659. The highest BCUT2D eigenvalue weighted by atomic mass is 35.5. The second kappa shape index (κ2) is 6.26. The third-order valence-electron chi connectivity index (χ3n) is 2.46. The molecule has 0 unspecified atom stereocenters. The summed E-state index contributed by atoms with van der Waals surface area (Å²) in [7, 11) is 1.63. The number of nitrogen functional groups attached to an aromatic ring is 1. The number of carbonyl (C=O) groups is 2. The Balaban J connectivity index is 2.66. The summed E-state index contributed by atoms with van der Waals surface area (Å²) in [5, 5.41) is 0.383. The maximum Gasteiger partial charge on any atom is 0.340 e. The van der Waals surface area contributed by atoms with E-state index in [4.69, 9.17) is 22.1 Å². The van der Waals surface area contributed by atoms with Crippen LogP contribution < -0.4 is 5.73 Å². The first kappa shape index (κ1) is 14.3. The Bertz CT molecular complexity index is 463. The number of amides is 1. The van der Waals surface area contributed by atoms with Crippen LogP contribution in [0.1, 0.15) is 17.3 Å². The Kier molecular flexibility index (Phi) is 4.97. The maximum absolute atomic E-state index is 11.7. The third-order valence-corrected chi connectivity index (χ3v) is 2.70. The number of nitrogens with two attached hydrogens (primary N) is 1. The van der Waals surface area contributed by atoms with Crippen molar-refractivity contribution in [2.75, 3.05) is 25.9 Å². The van der Waals surface area contributed by atoms with Crippen LogP contribution in [0.15, 0.2) is 18.2 Å². The molecule has 18 heavy (non-hydrogen) atoms. The number of likely N-dealkylation sites (N-methyl/N-ethyl adjacent to an activating group) is 1. The number of esters is 1. The molecule has 6 heteroatoms. The second-order valence-electron chi connectivity index (χ2n) is 3.72. The molecule has 0 spiro atoms. The first-order chi connectivity index (χ1) is 8.45. The first-order valence-electron chi connectivity index (χ1n) is 5.41. The maximum atomic E-state index is 11.7. The zero-order valence-electron chi connectivity index (χ0n) is 10.3. The van der Waals surface area contributed by atoms with Gasteiger partial charge >= 0.3 is 5.97 Å². The van der Waals surface area contributed by atoms with E-state index in [1.807, 2.05) is 6.92 Å². The molecule has 0 aliphatic rings. The quantitative estimate of drug-likeness (QED) is 0.666. The highest BCUT2D eigenvalue weighted by Gasteiger charge is 2.15. The molecule has 1 rings (SSSR count). The summed E-state index contributed by atoms with van der Waals surface area (Å²) in [5.74, 6) is -0.931. The lowest BCUT2D eigenvalue weighted by atomic mass is 10.2. The van der Waals surface area contributed by atoms with Crippen LogP contribution in [-0.2, 0) is 9.53 Å². The molecule has 5 nitrogen and oxygen atoms in total. The predicted molar refractivity (Wildman–Crippen MR) is 69.5 cm³/mol. The van der Waals surface area contributed by atoms with Gasteiger partial charge in [0, 0.05) is 24.3 Å². The van der Waals surface area contributed by atoms with Gasteiger partial charge in [-0.05, 0) is 25.1 Å². The Morgan fingerprint density at radius 2 is 2.11 bits per heavy atom. The number of hydrogen-bond acceptors (Lipinski definition) is 4. The summed E-state index contributed by atoms with van der Waals surface area (Å²) in [6.07, 6.45) is 0. The van der Waals surface area contributed by atoms with Gasteiger partial charge < -0.3 is 15.4 Å². The monoisotopic (exact) mass is 270 g/mol. The zero-order chi connectivity index (χ0) is 13.7. The smallest absolute Gasteiger partial charge is 0.340 e. The molecule has 0 fully saturated rings. The van der Waals surface area contributed by atoms with Crippen molar-refractivity contribution in [1.82, 2.24) is 4.90 Å². The number of rotatable bonds is 4. The van der Waals surface area contributed by atoms with E-state index in [1.54, 1.807) is 13.1 Å². The first-order valence-corrected chi connectivity index (χ1v) is 5.79. The molecule has 1 aromatic rings. The van der Waals surface area contributed by atoms with Crippen LogP contribution in [0, 0.1) is 0 Å². The fraction of sp³-hybridized carbons (Fsp3) is 0.333. The fourth-order valence-corrected chi connectivity index (χ4v) is 1.37. The van der Waals surface area contributed by atoms with Crippen molar-refractivity contribution in [1.29, 1.82) is 0 Å². The molecule has 0 heterocycles. The van der Waals surface area contributed by atoms with Gasteiger partial charge in [0.2, 0.25) is 0 Å². The van der Waals surface area contributed by atoms with Gasteiger partial charge in [-0.15, -0.1) is 0 Å². The molecule has 0 saturated heterocycles. The standard InChI is InChI=1S/C12H15ClN2O3/c1-3-15(2)11(16)7-18-12(17)9-6-8(13)4-5-10(9)14/h4-6H,3,7,14H2,1-2H3. The average molecular weight is 271 g/mol. The SMILES string of the molecule is CCN(C)C(=O)COC(=O)c1cc(Cl)ccc1N. The Morgan fingerprint density at radius 3 is 2.72 bits per heavy atom. The minimum Gasteiger partial charge on any atom is -0.452 e. The van der Waals surface area contributed by atoms with Gasteiger partial charge in [-0.1, -0.05) is 11.6 Å². The van der Waals surface area contributed by atoms with Crippen LogP contribution in [-0.4, -0.2) is 37.0 Å². The van der Waals surface area contributed by atoms with Crippen LogP contribution in [0.2, 0.25) is 5.02 Å². The molecular formula is C12H15ClN2O3. The van der Waals surface area contributed by atoms with Crippen LogP contribution in [0.4, 0.5) is 5.69 Å². The van der Waals surface area contributed by atoms with Crippen molar-refractivity contribution in [3.63, 3.8) is 0 Å². The topological polar surface area (TPSA) is 72.6 Å². The van der Waals surface area contributed by atoms with Crippen molar-refractivity contribution in [2.45, 2.75) is 6.92 Å². The van der Waals surface area contributed by atoms with Gasteiger partial charge in [-0.25, -0.2) is 4.79 Å². The number of benzene rings is 1. The molecule has 2 N–H and O–H groups in total. The van der Waals surface area contributed by atoms with Gasteiger partial charge in [0.25, 0.3) is 5.91 Å². The molecule has 98 valence electrons. The van der Waals surface area contributed by atoms with Crippen molar-refractivity contribution >= 4 is 29.2 Å². The van der Waals surface area contributed by atoms with E-state index >= 15 is 0 Å². The highest BCUT2D eigenvalue weighted by molar-refractivity contribution is 6.31. The molecule has 0 saturated carbocycles. The fourth-order valence-electron chi connectivity index (χ4n) is 1.20. The van der Waals surface area contributed by atoms with Crippen LogP contribution in [0.3, 0.4) is 0 Å². The summed E-state index contributed by atoms with van der Waals surface area (Å²) >= 11 is 5.76. The lowest BCUT2D eigenvalue weighted by Gasteiger charge is -2.14. The van der Waals surface area contributed by atoms with E-state index in [0.717, 1.165) is 0 Å². The van der Waals surface area contributed by atoms with Crippen molar-refractivity contribution in [2.24, 2.45) is 0 Å². The largest absolute Gasteiger partial charge is 0.452 e. The Hall–Kier alpha value is -1.75. The van der Waals surface area contributed by atoms with Gasteiger partial charge in [-0.2, -0.15) is 0 Å². The highest BCUT2D eigenvalue weighted by Crippen LogP contribution is 2.18. The number of carbonyl (C=O) groups excluding carboxylic acids is 2. The number of halogens is 1. The summed E-state index contributed by atoms with van der Waals surface area (Å²) in [6.45, 7) is 2.07. The van der Waals surface area contributed by atoms with Gasteiger partial charge in [0.15, 0.2) is 6.61 Å². The Morgan fingerprint density at radius 1 is 1.44 bits per heavy atom. The number of hydrogen-bond donors (Lipinski definition) is 1. The number of anilines is 1. The van der Waals surface area contributed by atoms with Gasteiger partial charge in [0.1, 0.15) is 0 Å². The van der Waals surface area contributed by atoms with Crippen LogP contribution in [0.5, 0.6) is 0 Å². The molecule has 0 bridgehead atoms. The summed E-state index contributed by atoms with van der Waals surface area (Å²) in [5.41, 5.74) is 6.05. The molecule has 0 atom stereocenters. The number of ether oxygens (including phenoxy) is 1. The molecule has 0 aromatic heterocycles. The van der Waals surface area contributed by atoms with E-state index < -0.39 is 5.97 Å². The average Bonchev–Trinajstić information content (AvgIpc) is 2.37. The lowest BCUT2D eigenvalue weighted by molar-refractivity contribution is -0.133. The summed E-state index contributed by atoms with van der Waals surface area (Å²) in [4.78, 5) is 24.6. The molecule has 1 aromatic carbocycles. The normalized spacial score (nSPS) is 9.94. The number of nitrogens with zero attached hydrogens (tertiary/aromatic N) is 1. The van der Waals surface area contributed by atoms with E-state index in [0.29, 0.717) is 11.6 Å². The predicted octanol–water partition coefficient (Wildman–Crippen LogP) is 1.56. The summed E-state index contributed by atoms with van der Waals surface area (Å²) < 4.78 is 4.88. The van der Waals surface area contributed by atoms with Gasteiger partial charge in [0.05, 0.1) is 5.56 Å². The molecule has 0 aliphatic carbocycles. The Labute approximate surface area is 110 Å². The van der Waals surface area contributed by atoms with Crippen molar-refractivity contribution in [3.05, 3.63) is 28.8 Å². The molecular weight excluding hydrogens is 256 g/mol. The molecule has 0 radical (unpaired) electrons. The van der Waals surface area contributed by atoms with Crippen molar-refractivity contribution in [3.8, 4) is 0 Å². The molecule has 0 aliphatic heterocycles. The van der Waals surface area contributed by atoms with E-state index in [9.17, 15) is 9.59 Å². The summed E-state index contributed by atoms with van der Waals surface area (Å²) in [6, 6.07) is 4.50. The molecule has 1 amide bonds. The van der Waals surface area contributed by atoms with Crippen molar-refractivity contribution < 1.29 is 14.3 Å².